The summed E-state index contributed by atoms with van der Waals surface area (Å²) in [5, 5.41) is 0. The molecule has 1 aromatic carbocycles. The van der Waals surface area contributed by atoms with Crippen LogP contribution in [0.4, 0.5) is 4.39 Å². The molecule has 94 valence electrons. The molecule has 0 aliphatic rings. The van der Waals surface area contributed by atoms with Gasteiger partial charge >= 0.3 is 0 Å². The normalized spacial score (nSPS) is 12.5. The molecular weight excluding hydrogens is 287 g/mol. The molecule has 0 bridgehead atoms. The lowest BCUT2D eigenvalue weighted by Gasteiger charge is -2.08. The number of methoxy groups -OCH3 is 1. The Kier molecular flexibility index (Phi) is 5.78. The number of carbonyl (C=O) groups is 1. The van der Waals surface area contributed by atoms with Crippen LogP contribution in [0.1, 0.15) is 25.3 Å². The molecule has 0 aliphatic heterocycles. The van der Waals surface area contributed by atoms with E-state index >= 15 is 0 Å². The first kappa shape index (κ1) is 14.3. The van der Waals surface area contributed by atoms with Gasteiger partial charge in [0.05, 0.1) is 6.10 Å². The molecular formula is C13H16BrFO2. The van der Waals surface area contributed by atoms with E-state index in [4.69, 9.17) is 4.74 Å². The van der Waals surface area contributed by atoms with E-state index in [2.05, 4.69) is 15.9 Å². The highest BCUT2D eigenvalue weighted by Gasteiger charge is 2.10. The summed E-state index contributed by atoms with van der Waals surface area (Å²) < 4.78 is 18.9. The minimum atomic E-state index is -0.318. The minimum absolute atomic E-state index is 0.0786. The Hall–Kier alpha value is -0.740. The van der Waals surface area contributed by atoms with E-state index < -0.39 is 0 Å². The SMILES string of the molecule is COC(C)CCC(=O)Cc1cc(F)ccc1Br. The zero-order valence-electron chi connectivity index (χ0n) is 10.0. The first-order valence-electron chi connectivity index (χ1n) is 5.51. The average Bonchev–Trinajstić information content (AvgIpc) is 2.30. The lowest BCUT2D eigenvalue weighted by molar-refractivity contribution is -0.119. The van der Waals surface area contributed by atoms with E-state index in [9.17, 15) is 9.18 Å². The molecule has 0 spiro atoms. The topological polar surface area (TPSA) is 26.3 Å². The van der Waals surface area contributed by atoms with Crippen LogP contribution in [0.3, 0.4) is 0 Å². The molecule has 0 heterocycles. The standard InChI is InChI=1S/C13H16BrFO2/c1-9(17-2)3-5-12(16)8-10-7-11(15)4-6-13(10)14/h4,6-7,9H,3,5,8H2,1-2H3. The highest BCUT2D eigenvalue weighted by Crippen LogP contribution is 2.19. The van der Waals surface area contributed by atoms with Gasteiger partial charge in [-0.2, -0.15) is 0 Å². The summed E-state index contributed by atoms with van der Waals surface area (Å²) >= 11 is 3.31. The maximum Gasteiger partial charge on any atom is 0.137 e. The quantitative estimate of drug-likeness (QED) is 0.804. The van der Waals surface area contributed by atoms with Crippen molar-refractivity contribution >= 4 is 21.7 Å². The summed E-state index contributed by atoms with van der Waals surface area (Å²) in [6.07, 6.45) is 1.49. The van der Waals surface area contributed by atoms with Crippen molar-refractivity contribution in [1.82, 2.24) is 0 Å². The van der Waals surface area contributed by atoms with Crippen molar-refractivity contribution in [3.8, 4) is 0 Å². The molecule has 4 heteroatoms. The van der Waals surface area contributed by atoms with Crippen LogP contribution in [0, 0.1) is 5.82 Å². The molecule has 1 unspecified atom stereocenters. The number of Topliss-reactive ketones (excluding diaryl/α,β-unsaturated/α-hetero) is 1. The van der Waals surface area contributed by atoms with Crippen molar-refractivity contribution in [3.63, 3.8) is 0 Å². The van der Waals surface area contributed by atoms with Crippen LogP contribution in [0.2, 0.25) is 0 Å². The molecule has 1 rings (SSSR count). The second-order valence-corrected chi connectivity index (χ2v) is 4.89. The monoisotopic (exact) mass is 302 g/mol. The molecule has 0 amide bonds. The minimum Gasteiger partial charge on any atom is -0.382 e. The molecule has 2 nitrogen and oxygen atoms in total. The van der Waals surface area contributed by atoms with Crippen molar-refractivity contribution in [3.05, 3.63) is 34.1 Å². The van der Waals surface area contributed by atoms with E-state index in [-0.39, 0.29) is 24.1 Å². The fourth-order valence-corrected chi connectivity index (χ4v) is 1.85. The Morgan fingerprint density at radius 2 is 2.24 bits per heavy atom. The molecule has 0 radical (unpaired) electrons. The molecule has 17 heavy (non-hydrogen) atoms. The summed E-state index contributed by atoms with van der Waals surface area (Å²) in [7, 11) is 1.62. The average molecular weight is 303 g/mol. The lowest BCUT2D eigenvalue weighted by atomic mass is 10.0. The lowest BCUT2D eigenvalue weighted by Crippen LogP contribution is -2.10. The van der Waals surface area contributed by atoms with Crippen LogP contribution >= 0.6 is 15.9 Å². The fourth-order valence-electron chi connectivity index (χ4n) is 1.46. The number of carbonyl (C=O) groups excluding carboxylic acids is 1. The maximum atomic E-state index is 13.0. The Labute approximate surface area is 109 Å². The Balaban J connectivity index is 2.53. The number of benzene rings is 1. The van der Waals surface area contributed by atoms with E-state index in [0.29, 0.717) is 18.4 Å². The van der Waals surface area contributed by atoms with Gasteiger partial charge in [-0.15, -0.1) is 0 Å². The van der Waals surface area contributed by atoms with E-state index in [1.165, 1.54) is 12.1 Å². The van der Waals surface area contributed by atoms with Crippen molar-refractivity contribution in [2.45, 2.75) is 32.3 Å². The van der Waals surface area contributed by atoms with Crippen molar-refractivity contribution in [2.75, 3.05) is 7.11 Å². The van der Waals surface area contributed by atoms with Gasteiger partial charge in [0.2, 0.25) is 0 Å². The van der Waals surface area contributed by atoms with Crippen molar-refractivity contribution in [1.29, 1.82) is 0 Å². The zero-order chi connectivity index (χ0) is 12.8. The second-order valence-electron chi connectivity index (χ2n) is 4.04. The predicted molar refractivity (Wildman–Crippen MR) is 68.5 cm³/mol. The Morgan fingerprint density at radius 3 is 2.88 bits per heavy atom. The molecule has 0 N–H and O–H groups in total. The number of ether oxygens (including phenoxy) is 1. The van der Waals surface area contributed by atoms with Crippen LogP contribution in [-0.2, 0) is 16.0 Å². The molecule has 0 aliphatic carbocycles. The Morgan fingerprint density at radius 1 is 1.53 bits per heavy atom. The van der Waals surface area contributed by atoms with Crippen LogP contribution < -0.4 is 0 Å². The third-order valence-corrected chi connectivity index (χ3v) is 3.40. The third-order valence-electron chi connectivity index (χ3n) is 2.63. The first-order valence-corrected chi connectivity index (χ1v) is 6.30. The van der Waals surface area contributed by atoms with E-state index in [1.54, 1.807) is 13.2 Å². The van der Waals surface area contributed by atoms with Crippen molar-refractivity contribution < 1.29 is 13.9 Å². The van der Waals surface area contributed by atoms with Crippen LogP contribution in [0.25, 0.3) is 0 Å². The first-order chi connectivity index (χ1) is 8.02. The van der Waals surface area contributed by atoms with Crippen LogP contribution in [-0.4, -0.2) is 19.0 Å². The maximum absolute atomic E-state index is 13.0. The van der Waals surface area contributed by atoms with Crippen molar-refractivity contribution in [2.24, 2.45) is 0 Å². The molecule has 0 saturated carbocycles. The number of hydrogen-bond donors (Lipinski definition) is 0. The van der Waals surface area contributed by atoms with Gasteiger partial charge in [0.25, 0.3) is 0 Å². The van der Waals surface area contributed by atoms with Gasteiger partial charge < -0.3 is 4.74 Å². The number of rotatable bonds is 6. The highest BCUT2D eigenvalue weighted by atomic mass is 79.9. The van der Waals surface area contributed by atoms with Gasteiger partial charge in [-0.05, 0) is 37.1 Å². The number of hydrogen-bond acceptors (Lipinski definition) is 2. The van der Waals surface area contributed by atoms with Gasteiger partial charge in [-0.3, -0.25) is 4.79 Å². The van der Waals surface area contributed by atoms with Gasteiger partial charge in [0, 0.05) is 24.4 Å². The summed E-state index contributed by atoms with van der Waals surface area (Å²) in [6, 6.07) is 4.38. The molecule has 0 aromatic heterocycles. The van der Waals surface area contributed by atoms with Gasteiger partial charge in [0.1, 0.15) is 11.6 Å². The third kappa shape index (κ3) is 4.96. The largest absolute Gasteiger partial charge is 0.382 e. The summed E-state index contributed by atoms with van der Waals surface area (Å²) in [5.74, 6) is -0.221. The zero-order valence-corrected chi connectivity index (χ0v) is 11.6. The summed E-state index contributed by atoms with van der Waals surface area (Å²) in [5.41, 5.74) is 0.695. The Bertz CT molecular complexity index is 393. The number of halogens is 2. The predicted octanol–water partition coefficient (Wildman–Crippen LogP) is 3.51. The molecule has 0 saturated heterocycles. The summed E-state index contributed by atoms with van der Waals surface area (Å²) in [4.78, 5) is 11.7. The van der Waals surface area contributed by atoms with Gasteiger partial charge in [0.15, 0.2) is 0 Å². The van der Waals surface area contributed by atoms with E-state index in [0.717, 1.165) is 4.47 Å². The fraction of sp³-hybridized carbons (Fsp3) is 0.462. The second kappa shape index (κ2) is 6.87. The van der Waals surface area contributed by atoms with Crippen LogP contribution in [0.5, 0.6) is 0 Å². The molecule has 0 fully saturated rings. The summed E-state index contributed by atoms with van der Waals surface area (Å²) in [6.45, 7) is 1.92. The number of ketones is 1. The molecule has 1 atom stereocenters. The van der Waals surface area contributed by atoms with Crippen LogP contribution in [0.15, 0.2) is 22.7 Å². The highest BCUT2D eigenvalue weighted by molar-refractivity contribution is 9.10. The van der Waals surface area contributed by atoms with E-state index in [1.807, 2.05) is 6.92 Å². The smallest absolute Gasteiger partial charge is 0.137 e. The van der Waals surface area contributed by atoms with Gasteiger partial charge in [-0.25, -0.2) is 4.39 Å². The molecule has 1 aromatic rings. The van der Waals surface area contributed by atoms with Gasteiger partial charge in [-0.1, -0.05) is 15.9 Å².